The number of rotatable bonds is 2. The smallest absolute Gasteiger partial charge is 0.0367 e. The van der Waals surface area contributed by atoms with E-state index in [1.165, 1.54) is 30.6 Å². The van der Waals surface area contributed by atoms with Crippen LogP contribution >= 0.6 is 9.24 Å². The molecular weight excluding hydrogens is 203 g/mol. The molecule has 1 aliphatic rings. The molecular formula is C12H19N2P. The Morgan fingerprint density at radius 1 is 1.07 bits per heavy atom. The van der Waals surface area contributed by atoms with Crippen molar-refractivity contribution < 1.29 is 0 Å². The summed E-state index contributed by atoms with van der Waals surface area (Å²) in [7, 11) is 2.73. The van der Waals surface area contributed by atoms with Gasteiger partial charge in [-0.25, -0.2) is 0 Å². The quantitative estimate of drug-likeness (QED) is 0.697. The average molecular weight is 222 g/mol. The lowest BCUT2D eigenvalue weighted by Crippen LogP contribution is -2.46. The summed E-state index contributed by atoms with van der Waals surface area (Å²) in [6.45, 7) is 8.11. The predicted octanol–water partition coefficient (Wildman–Crippen LogP) is 1.33. The van der Waals surface area contributed by atoms with Crippen LogP contribution in [0.25, 0.3) is 0 Å². The van der Waals surface area contributed by atoms with Crippen molar-refractivity contribution in [3.05, 3.63) is 24.3 Å². The normalized spacial score (nSPS) is 18.1. The van der Waals surface area contributed by atoms with Crippen LogP contribution in [0.15, 0.2) is 24.3 Å². The number of hydrogen-bond acceptors (Lipinski definition) is 2. The van der Waals surface area contributed by atoms with Crippen LogP contribution in [0.1, 0.15) is 6.92 Å². The molecule has 3 heteroatoms. The molecule has 0 saturated carbocycles. The van der Waals surface area contributed by atoms with Crippen LogP contribution in [0.4, 0.5) is 5.69 Å². The summed E-state index contributed by atoms with van der Waals surface area (Å²) in [5, 5.41) is 1.26. The molecule has 82 valence electrons. The Labute approximate surface area is 94.5 Å². The third-order valence-corrected chi connectivity index (χ3v) is 3.46. The molecule has 1 heterocycles. The van der Waals surface area contributed by atoms with E-state index in [0.29, 0.717) is 0 Å². The molecule has 0 amide bonds. The molecule has 0 spiro atoms. The first kappa shape index (κ1) is 10.9. The zero-order valence-corrected chi connectivity index (χ0v) is 10.5. The Bertz CT molecular complexity index is 302. The Kier molecular flexibility index (Phi) is 3.61. The molecule has 1 aliphatic heterocycles. The van der Waals surface area contributed by atoms with Gasteiger partial charge in [-0.1, -0.05) is 19.1 Å². The van der Waals surface area contributed by atoms with Crippen LogP contribution in [0, 0.1) is 0 Å². The highest BCUT2D eigenvalue weighted by molar-refractivity contribution is 7.27. The summed E-state index contributed by atoms with van der Waals surface area (Å²) in [5.41, 5.74) is 1.36. The molecule has 1 aromatic carbocycles. The maximum Gasteiger partial charge on any atom is 0.0367 e. The lowest BCUT2D eigenvalue weighted by Gasteiger charge is -2.35. The van der Waals surface area contributed by atoms with Crippen LogP contribution in [0.5, 0.6) is 0 Å². The van der Waals surface area contributed by atoms with Gasteiger partial charge in [-0.3, -0.25) is 0 Å². The van der Waals surface area contributed by atoms with Gasteiger partial charge in [-0.15, -0.1) is 9.24 Å². The molecule has 15 heavy (non-hydrogen) atoms. The van der Waals surface area contributed by atoms with E-state index in [9.17, 15) is 0 Å². The summed E-state index contributed by atoms with van der Waals surface area (Å²) in [6, 6.07) is 8.74. The molecule has 0 bridgehead atoms. The number of likely N-dealkylation sites (N-methyl/N-ethyl adjacent to an activating group) is 1. The van der Waals surface area contributed by atoms with Crippen LogP contribution in [0.3, 0.4) is 0 Å². The Hall–Kier alpha value is -0.590. The van der Waals surface area contributed by atoms with Crippen LogP contribution in [-0.2, 0) is 0 Å². The van der Waals surface area contributed by atoms with Gasteiger partial charge in [0.25, 0.3) is 0 Å². The zero-order chi connectivity index (χ0) is 10.7. The average Bonchev–Trinajstić information content (AvgIpc) is 2.30. The van der Waals surface area contributed by atoms with Crippen molar-refractivity contribution in [2.24, 2.45) is 0 Å². The van der Waals surface area contributed by atoms with E-state index in [1.54, 1.807) is 0 Å². The zero-order valence-electron chi connectivity index (χ0n) is 9.32. The number of hydrogen-bond donors (Lipinski definition) is 0. The lowest BCUT2D eigenvalue weighted by atomic mass is 10.2. The van der Waals surface area contributed by atoms with Gasteiger partial charge >= 0.3 is 0 Å². The topological polar surface area (TPSA) is 6.48 Å². The third-order valence-electron chi connectivity index (χ3n) is 3.08. The van der Waals surface area contributed by atoms with E-state index in [1.807, 2.05) is 0 Å². The second kappa shape index (κ2) is 4.96. The van der Waals surface area contributed by atoms with Crippen molar-refractivity contribution in [1.29, 1.82) is 0 Å². The fourth-order valence-electron chi connectivity index (χ4n) is 2.01. The van der Waals surface area contributed by atoms with Crippen molar-refractivity contribution in [3.8, 4) is 0 Å². The van der Waals surface area contributed by atoms with Crippen LogP contribution < -0.4 is 10.2 Å². The first-order chi connectivity index (χ1) is 7.29. The van der Waals surface area contributed by atoms with E-state index >= 15 is 0 Å². The van der Waals surface area contributed by atoms with E-state index in [4.69, 9.17) is 0 Å². The number of piperazine rings is 1. The van der Waals surface area contributed by atoms with E-state index in [0.717, 1.165) is 13.1 Å². The highest BCUT2D eigenvalue weighted by Gasteiger charge is 2.15. The molecule has 0 radical (unpaired) electrons. The maximum atomic E-state index is 2.73. The number of benzene rings is 1. The van der Waals surface area contributed by atoms with Gasteiger partial charge in [0.15, 0.2) is 0 Å². The van der Waals surface area contributed by atoms with Gasteiger partial charge in [-0.2, -0.15) is 0 Å². The largest absolute Gasteiger partial charge is 0.369 e. The highest BCUT2D eigenvalue weighted by Crippen LogP contribution is 2.15. The minimum Gasteiger partial charge on any atom is -0.369 e. The fourth-order valence-corrected chi connectivity index (χ4v) is 2.20. The molecule has 2 nitrogen and oxygen atoms in total. The monoisotopic (exact) mass is 222 g/mol. The summed E-state index contributed by atoms with van der Waals surface area (Å²) in [4.78, 5) is 4.97. The molecule has 0 aromatic heterocycles. The van der Waals surface area contributed by atoms with Crippen molar-refractivity contribution in [2.75, 3.05) is 37.6 Å². The number of anilines is 1. The summed E-state index contributed by atoms with van der Waals surface area (Å²) < 4.78 is 0. The molecule has 0 aliphatic carbocycles. The SMILES string of the molecule is CCN1CCN(c2ccc(P)cc2)CC1. The summed E-state index contributed by atoms with van der Waals surface area (Å²) >= 11 is 0. The lowest BCUT2D eigenvalue weighted by molar-refractivity contribution is 0.271. The Morgan fingerprint density at radius 2 is 1.67 bits per heavy atom. The first-order valence-electron chi connectivity index (χ1n) is 5.62. The van der Waals surface area contributed by atoms with E-state index in [-0.39, 0.29) is 0 Å². The Balaban J connectivity index is 1.98. The summed E-state index contributed by atoms with van der Waals surface area (Å²) in [6.07, 6.45) is 0. The van der Waals surface area contributed by atoms with Crippen molar-refractivity contribution >= 4 is 20.2 Å². The van der Waals surface area contributed by atoms with Gasteiger partial charge in [0.1, 0.15) is 0 Å². The van der Waals surface area contributed by atoms with Crippen molar-refractivity contribution in [2.45, 2.75) is 6.92 Å². The number of nitrogens with zero attached hydrogens (tertiary/aromatic N) is 2. The maximum absolute atomic E-state index is 2.73. The molecule has 0 N–H and O–H groups in total. The molecule has 1 fully saturated rings. The molecule has 1 saturated heterocycles. The molecule has 2 rings (SSSR count). The standard InChI is InChI=1S/C12H19N2P/c1-2-13-7-9-14(10-8-13)11-3-5-12(15)6-4-11/h3-6H,2,7-10,15H2,1H3. The predicted molar refractivity (Wildman–Crippen MR) is 70.1 cm³/mol. The van der Waals surface area contributed by atoms with Crippen LogP contribution in [0.2, 0.25) is 0 Å². The third kappa shape index (κ3) is 2.70. The first-order valence-corrected chi connectivity index (χ1v) is 6.20. The van der Waals surface area contributed by atoms with E-state index < -0.39 is 0 Å². The van der Waals surface area contributed by atoms with Gasteiger partial charge in [0.05, 0.1) is 0 Å². The molecule has 1 aromatic rings. The van der Waals surface area contributed by atoms with Crippen LogP contribution in [-0.4, -0.2) is 37.6 Å². The van der Waals surface area contributed by atoms with Gasteiger partial charge in [0.2, 0.25) is 0 Å². The van der Waals surface area contributed by atoms with Gasteiger partial charge < -0.3 is 9.80 Å². The highest BCUT2D eigenvalue weighted by atomic mass is 31.0. The minimum absolute atomic E-state index is 1.16. The van der Waals surface area contributed by atoms with Crippen molar-refractivity contribution in [3.63, 3.8) is 0 Å². The Morgan fingerprint density at radius 3 is 2.20 bits per heavy atom. The minimum atomic E-state index is 1.16. The fraction of sp³-hybridized carbons (Fsp3) is 0.500. The summed E-state index contributed by atoms with van der Waals surface area (Å²) in [5.74, 6) is 0. The molecule has 1 unspecified atom stereocenters. The van der Waals surface area contributed by atoms with Crippen molar-refractivity contribution in [1.82, 2.24) is 4.90 Å². The van der Waals surface area contributed by atoms with Gasteiger partial charge in [0, 0.05) is 31.9 Å². The van der Waals surface area contributed by atoms with E-state index in [2.05, 4.69) is 50.2 Å². The van der Waals surface area contributed by atoms with Gasteiger partial charge in [-0.05, 0) is 24.0 Å². The second-order valence-electron chi connectivity index (χ2n) is 4.01. The molecule has 1 atom stereocenters. The second-order valence-corrected chi connectivity index (χ2v) is 4.68.